The molecule has 0 aromatic carbocycles. The Balaban J connectivity index is 5.82. The van der Waals surface area contributed by atoms with Crippen LogP contribution in [0.25, 0.3) is 0 Å². The zero-order valence-electron chi connectivity index (χ0n) is 26.3. The minimum absolute atomic E-state index is 1.03. The van der Waals surface area contributed by atoms with Gasteiger partial charge in [-0.3, -0.25) is 0 Å². The van der Waals surface area contributed by atoms with Crippen LogP contribution in [0.3, 0.4) is 0 Å². The second-order valence-corrected chi connectivity index (χ2v) is 30.4. The molecule has 0 bridgehead atoms. The van der Waals surface area contributed by atoms with Gasteiger partial charge in [-0.25, -0.2) is 0 Å². The molecule has 0 rings (SSSR count). The lowest BCUT2D eigenvalue weighted by Gasteiger charge is -2.36. The topological polar surface area (TPSA) is 73.8 Å². The van der Waals surface area contributed by atoms with Crippen LogP contribution in [0.1, 0.15) is 25.7 Å². The number of rotatable bonds is 24. The molecule has 0 saturated carbocycles. The van der Waals surface area contributed by atoms with Gasteiger partial charge in [0.25, 0.3) is 0 Å². The summed E-state index contributed by atoms with van der Waals surface area (Å²) in [5.74, 6) is 0. The Morgan fingerprint density at radius 3 is 0.595 bits per heavy atom. The van der Waals surface area contributed by atoms with Gasteiger partial charge in [0, 0.05) is 56.9 Å². The van der Waals surface area contributed by atoms with Crippen LogP contribution in [0.4, 0.5) is 0 Å². The molecule has 0 aromatic heterocycles. The smallest absolute Gasteiger partial charge is 0.334 e. The van der Waals surface area contributed by atoms with Gasteiger partial charge in [-0.05, 0) is 50.4 Å². The summed E-state index contributed by atoms with van der Waals surface area (Å²) in [5.41, 5.74) is 0. The van der Waals surface area contributed by atoms with Crippen molar-refractivity contribution < 1.29 is 35.4 Å². The minimum Gasteiger partial charge on any atom is -0.398 e. The van der Waals surface area contributed by atoms with Crippen molar-refractivity contribution in [1.82, 2.24) is 0 Å². The van der Waals surface area contributed by atoms with E-state index in [4.69, 9.17) is 35.4 Å². The fourth-order valence-corrected chi connectivity index (χ4v) is 17.2. The van der Waals surface area contributed by atoms with Crippen LogP contribution >= 0.6 is 0 Å². The van der Waals surface area contributed by atoms with Crippen molar-refractivity contribution in [3.8, 4) is 0 Å². The number of hydrogen-bond acceptors (Lipinski definition) is 8. The summed E-state index contributed by atoms with van der Waals surface area (Å²) in [7, 11) is 4.34. The predicted molar refractivity (Wildman–Crippen MR) is 165 cm³/mol. The fraction of sp³-hybridized carbons (Fsp3) is 1.00. The lowest BCUT2D eigenvalue weighted by atomic mass is 10.5. The molecule has 0 N–H and O–H groups in total. The molecule has 0 radical (unpaired) electrons. The molecule has 0 saturated heterocycles. The molecular formula is C24H60O8Si5. The molecule has 8 nitrogen and oxygen atoms in total. The van der Waals surface area contributed by atoms with E-state index in [-0.39, 0.29) is 0 Å². The Kier molecular flexibility index (Phi) is 18.6. The second kappa shape index (κ2) is 18.2. The molecule has 0 aliphatic carbocycles. The summed E-state index contributed by atoms with van der Waals surface area (Å²) >= 11 is 0. The third kappa shape index (κ3) is 13.8. The van der Waals surface area contributed by atoms with Crippen molar-refractivity contribution in [3.05, 3.63) is 0 Å². The highest BCUT2D eigenvalue weighted by Crippen LogP contribution is 2.37. The summed E-state index contributed by atoms with van der Waals surface area (Å²) in [5, 5.41) is 0. The van der Waals surface area contributed by atoms with Gasteiger partial charge in [-0.2, -0.15) is 0 Å². The molecule has 0 unspecified atom stereocenters. The summed E-state index contributed by atoms with van der Waals surface area (Å²) in [6.45, 7) is 8.69. The molecule has 0 amide bonds. The maximum Gasteiger partial charge on any atom is 0.334 e. The van der Waals surface area contributed by atoms with Crippen LogP contribution in [-0.2, 0) is 35.4 Å². The lowest BCUT2D eigenvalue weighted by Crippen LogP contribution is -2.41. The second-order valence-electron chi connectivity index (χ2n) is 11.1. The Hall–Kier alpha value is 0.764. The molecule has 37 heavy (non-hydrogen) atoms. The SMILES string of the molecule is CO[Si](C)(CCC[Si](CCC[Si](C)(OC)OC)(CCC[Si](C)(OC)OC)CCC[Si](C)(OC)OC)OC. The van der Waals surface area contributed by atoms with Crippen LogP contribution in [0, 0.1) is 0 Å². The van der Waals surface area contributed by atoms with Gasteiger partial charge < -0.3 is 35.4 Å². The third-order valence-electron chi connectivity index (χ3n) is 8.81. The number of hydrogen-bond donors (Lipinski definition) is 0. The monoisotopic (exact) mass is 616 g/mol. The summed E-state index contributed by atoms with van der Waals surface area (Å²) in [4.78, 5) is 0. The minimum atomic E-state index is -2.09. The molecule has 0 heterocycles. The lowest BCUT2D eigenvalue weighted by molar-refractivity contribution is 0.249. The maximum atomic E-state index is 5.82. The molecule has 0 aliphatic heterocycles. The Bertz CT molecular complexity index is 484. The summed E-state index contributed by atoms with van der Waals surface area (Å²) in [6.07, 6.45) is 4.64. The standard InChI is InChI=1S/C24H60O8Si5/c1-25-33(9,26-2)17-13-21-37(22-14-18-34(10,27-3)28-4,23-15-19-35(11,29-5)30-6)24-16-20-36(12,31-7)32-8/h13-24H2,1-12H3. The average Bonchev–Trinajstić information content (AvgIpc) is 2.92. The van der Waals surface area contributed by atoms with Crippen LogP contribution in [0.5, 0.6) is 0 Å². The Morgan fingerprint density at radius 2 is 0.459 bits per heavy atom. The van der Waals surface area contributed by atoms with E-state index in [2.05, 4.69) is 26.2 Å². The van der Waals surface area contributed by atoms with Crippen LogP contribution < -0.4 is 0 Å². The predicted octanol–water partition coefficient (Wildman–Crippen LogP) is 6.45. The highest BCUT2D eigenvalue weighted by molar-refractivity contribution is 6.80. The Labute approximate surface area is 234 Å². The Morgan fingerprint density at radius 1 is 0.297 bits per heavy atom. The largest absolute Gasteiger partial charge is 0.398 e. The van der Waals surface area contributed by atoms with E-state index < -0.39 is 42.3 Å². The molecule has 0 atom stereocenters. The van der Waals surface area contributed by atoms with E-state index in [9.17, 15) is 0 Å². The molecule has 0 aliphatic rings. The van der Waals surface area contributed by atoms with Gasteiger partial charge in [0.1, 0.15) is 0 Å². The van der Waals surface area contributed by atoms with Crippen molar-refractivity contribution in [1.29, 1.82) is 0 Å². The normalized spacial score (nSPS) is 13.9. The van der Waals surface area contributed by atoms with E-state index in [1.807, 2.05) is 0 Å². The van der Waals surface area contributed by atoms with E-state index >= 15 is 0 Å². The summed E-state index contributed by atoms with van der Waals surface area (Å²) < 4.78 is 46.5. The maximum absolute atomic E-state index is 5.82. The molecular weight excluding hydrogens is 557 g/mol. The van der Waals surface area contributed by atoms with Gasteiger partial charge in [0.05, 0.1) is 8.07 Å². The first-order chi connectivity index (χ1) is 17.3. The van der Waals surface area contributed by atoms with Crippen molar-refractivity contribution in [2.45, 2.75) is 100 Å². The van der Waals surface area contributed by atoms with Gasteiger partial charge in [0.15, 0.2) is 0 Å². The van der Waals surface area contributed by atoms with Crippen LogP contribution in [-0.4, -0.2) is 99.2 Å². The first-order valence-corrected chi connectivity index (χ1v) is 26.7. The van der Waals surface area contributed by atoms with Crippen LogP contribution in [0.15, 0.2) is 0 Å². The molecule has 13 heteroatoms. The quantitative estimate of drug-likeness (QED) is 0.115. The molecule has 224 valence electrons. The summed E-state index contributed by atoms with van der Waals surface area (Å²) in [6, 6.07) is 9.28. The van der Waals surface area contributed by atoms with Crippen molar-refractivity contribution in [2.75, 3.05) is 56.9 Å². The third-order valence-corrected chi connectivity index (χ3v) is 26.4. The van der Waals surface area contributed by atoms with E-state index in [1.54, 1.807) is 56.9 Å². The fourth-order valence-electron chi connectivity index (χ4n) is 5.04. The van der Waals surface area contributed by atoms with Gasteiger partial charge in [-0.1, -0.05) is 49.9 Å². The molecule has 0 fully saturated rings. The average molecular weight is 617 g/mol. The van der Waals surface area contributed by atoms with Crippen molar-refractivity contribution in [2.24, 2.45) is 0 Å². The van der Waals surface area contributed by atoms with E-state index in [0.29, 0.717) is 0 Å². The molecule has 0 spiro atoms. The first kappa shape index (κ1) is 37.8. The van der Waals surface area contributed by atoms with Crippen LogP contribution in [0.2, 0.25) is 74.5 Å². The highest BCUT2D eigenvalue weighted by atomic mass is 28.4. The van der Waals surface area contributed by atoms with Gasteiger partial charge in [-0.15, -0.1) is 0 Å². The molecule has 0 aromatic rings. The highest BCUT2D eigenvalue weighted by Gasteiger charge is 2.39. The van der Waals surface area contributed by atoms with Crippen molar-refractivity contribution >= 4 is 42.3 Å². The zero-order chi connectivity index (χ0) is 28.6. The van der Waals surface area contributed by atoms with E-state index in [1.165, 1.54) is 24.2 Å². The van der Waals surface area contributed by atoms with E-state index in [0.717, 1.165) is 49.9 Å². The first-order valence-electron chi connectivity index (χ1n) is 13.7. The van der Waals surface area contributed by atoms with Crippen molar-refractivity contribution in [3.63, 3.8) is 0 Å². The van der Waals surface area contributed by atoms with Gasteiger partial charge >= 0.3 is 34.2 Å². The van der Waals surface area contributed by atoms with Gasteiger partial charge in [0.2, 0.25) is 0 Å². The zero-order valence-corrected chi connectivity index (χ0v) is 31.3.